The Morgan fingerprint density at radius 2 is 1.84 bits per heavy atom. The van der Waals surface area contributed by atoms with Crippen LogP contribution in [-0.2, 0) is 22.6 Å². The zero-order valence-electron chi connectivity index (χ0n) is 21.7. The summed E-state index contributed by atoms with van der Waals surface area (Å²) < 4.78 is 12.1. The minimum Gasteiger partial charge on any atom is -0.493 e. The number of rotatable bonds is 13. The number of thioether (sulfide) groups is 1. The molecule has 0 aliphatic rings. The summed E-state index contributed by atoms with van der Waals surface area (Å²) in [6, 6.07) is 12.8. The minimum absolute atomic E-state index is 0.0718. The van der Waals surface area contributed by atoms with Crippen LogP contribution in [0.4, 0.5) is 0 Å². The van der Waals surface area contributed by atoms with Crippen molar-refractivity contribution in [2.45, 2.75) is 50.9 Å². The fraction of sp³-hybridized carbons (Fsp3) is 0.407. The topological polar surface area (TPSA) is 112 Å². The van der Waals surface area contributed by atoms with Crippen molar-refractivity contribution in [1.29, 1.82) is 0 Å². The zero-order chi connectivity index (χ0) is 26.8. The number of hydrogen-bond acceptors (Lipinski definition) is 7. The van der Waals surface area contributed by atoms with E-state index in [1.54, 1.807) is 32.4 Å². The van der Waals surface area contributed by atoms with Gasteiger partial charge >= 0.3 is 0 Å². The van der Waals surface area contributed by atoms with Gasteiger partial charge in [0.05, 0.1) is 30.9 Å². The van der Waals surface area contributed by atoms with Gasteiger partial charge in [-0.1, -0.05) is 36.9 Å². The molecule has 0 saturated heterocycles. The number of benzene rings is 2. The molecule has 2 amide bonds. The molecule has 0 fully saturated rings. The predicted octanol–water partition coefficient (Wildman–Crippen LogP) is 3.17. The molecule has 1 aromatic heterocycles. The maximum Gasteiger partial charge on any atom is 0.262 e. The summed E-state index contributed by atoms with van der Waals surface area (Å²) in [7, 11) is 3.16. The summed E-state index contributed by atoms with van der Waals surface area (Å²) in [5, 5.41) is 6.72. The zero-order valence-corrected chi connectivity index (χ0v) is 22.5. The molecule has 9 nitrogen and oxygen atoms in total. The van der Waals surface area contributed by atoms with E-state index in [4.69, 9.17) is 9.47 Å². The van der Waals surface area contributed by atoms with Crippen LogP contribution >= 0.6 is 11.8 Å². The van der Waals surface area contributed by atoms with Crippen molar-refractivity contribution in [3.63, 3.8) is 0 Å². The largest absolute Gasteiger partial charge is 0.493 e. The molecule has 1 atom stereocenters. The van der Waals surface area contributed by atoms with Gasteiger partial charge in [0.1, 0.15) is 0 Å². The van der Waals surface area contributed by atoms with Gasteiger partial charge in [0.25, 0.3) is 5.56 Å². The number of fused-ring (bicyclic) bond motifs is 1. The second kappa shape index (κ2) is 13.7. The Labute approximate surface area is 220 Å². The third-order valence-electron chi connectivity index (χ3n) is 5.92. The summed E-state index contributed by atoms with van der Waals surface area (Å²) in [4.78, 5) is 42.7. The van der Waals surface area contributed by atoms with Gasteiger partial charge in [-0.15, -0.1) is 0 Å². The first-order valence-corrected chi connectivity index (χ1v) is 13.2. The first kappa shape index (κ1) is 28.0. The van der Waals surface area contributed by atoms with Crippen molar-refractivity contribution in [2.24, 2.45) is 0 Å². The number of carbonyl (C=O) groups is 2. The van der Waals surface area contributed by atoms with Crippen molar-refractivity contribution < 1.29 is 19.1 Å². The van der Waals surface area contributed by atoms with Gasteiger partial charge in [-0.05, 0) is 49.6 Å². The summed E-state index contributed by atoms with van der Waals surface area (Å²) in [6.07, 6.45) is 1.56. The number of aromatic nitrogens is 2. The molecule has 0 aliphatic heterocycles. The summed E-state index contributed by atoms with van der Waals surface area (Å²) in [6.45, 7) is 4.54. The van der Waals surface area contributed by atoms with Crippen LogP contribution < -0.4 is 25.7 Å². The quantitative estimate of drug-likeness (QED) is 0.260. The lowest BCUT2D eigenvalue weighted by atomic mass is 10.1. The number of nitrogens with zero attached hydrogens (tertiary/aromatic N) is 2. The number of carbonyl (C=O) groups excluding carboxylic acids is 2. The van der Waals surface area contributed by atoms with Gasteiger partial charge in [0.15, 0.2) is 16.7 Å². The highest BCUT2D eigenvalue weighted by atomic mass is 32.2. The van der Waals surface area contributed by atoms with Gasteiger partial charge in [-0.25, -0.2) is 4.98 Å². The van der Waals surface area contributed by atoms with Gasteiger partial charge in [0.2, 0.25) is 11.8 Å². The highest BCUT2D eigenvalue weighted by molar-refractivity contribution is 7.99. The van der Waals surface area contributed by atoms with Crippen molar-refractivity contribution in [3.05, 3.63) is 58.4 Å². The van der Waals surface area contributed by atoms with E-state index in [1.807, 2.05) is 38.1 Å². The molecule has 0 radical (unpaired) electrons. The molecule has 198 valence electrons. The lowest BCUT2D eigenvalue weighted by Crippen LogP contribution is -2.33. The van der Waals surface area contributed by atoms with E-state index in [-0.39, 0.29) is 42.1 Å². The van der Waals surface area contributed by atoms with Crippen LogP contribution in [0, 0.1) is 0 Å². The molecule has 0 saturated carbocycles. The second-order valence-electron chi connectivity index (χ2n) is 8.57. The van der Waals surface area contributed by atoms with Gasteiger partial charge < -0.3 is 20.1 Å². The normalized spacial score (nSPS) is 11.7. The molecule has 3 rings (SSSR count). The van der Waals surface area contributed by atoms with Crippen molar-refractivity contribution >= 4 is 34.5 Å². The van der Waals surface area contributed by atoms with E-state index in [2.05, 4.69) is 15.6 Å². The van der Waals surface area contributed by atoms with Crippen LogP contribution in [0.15, 0.2) is 52.4 Å². The Balaban J connectivity index is 1.64. The third-order valence-corrected chi connectivity index (χ3v) is 6.90. The summed E-state index contributed by atoms with van der Waals surface area (Å²) in [5.41, 5.74) is 1.34. The lowest BCUT2D eigenvalue weighted by molar-refractivity contribution is -0.121. The standard InChI is InChI=1S/C27H34N4O5S/c1-5-18(2)29-25(33)17-37-27-30-21-9-7-6-8-20(21)26(34)31(27)15-13-24(32)28-14-12-19-10-11-22(35-3)23(16-19)36-4/h6-11,16,18H,5,12-15,17H2,1-4H3,(H,28,32)(H,29,33)/t18-/m0/s1. The molecule has 2 aromatic carbocycles. The van der Waals surface area contributed by atoms with E-state index in [9.17, 15) is 14.4 Å². The van der Waals surface area contributed by atoms with E-state index in [0.29, 0.717) is 40.5 Å². The van der Waals surface area contributed by atoms with Crippen LogP contribution in [0.25, 0.3) is 10.9 Å². The van der Waals surface area contributed by atoms with Gasteiger partial charge in [-0.3, -0.25) is 19.0 Å². The molecule has 3 aromatic rings. The molecule has 0 bridgehead atoms. The van der Waals surface area contributed by atoms with Crippen LogP contribution in [0.5, 0.6) is 11.5 Å². The fourth-order valence-electron chi connectivity index (χ4n) is 3.69. The van der Waals surface area contributed by atoms with Gasteiger partial charge in [0, 0.05) is 25.6 Å². The van der Waals surface area contributed by atoms with Crippen LogP contribution in [0.1, 0.15) is 32.3 Å². The van der Waals surface area contributed by atoms with E-state index >= 15 is 0 Å². The number of hydrogen-bond donors (Lipinski definition) is 2. The molecule has 0 aliphatic carbocycles. The second-order valence-corrected chi connectivity index (χ2v) is 9.52. The Kier molecular flexibility index (Phi) is 10.4. The lowest BCUT2D eigenvalue weighted by Gasteiger charge is -2.14. The summed E-state index contributed by atoms with van der Waals surface area (Å²) in [5.74, 6) is 1.12. The molecule has 2 N–H and O–H groups in total. The Morgan fingerprint density at radius 3 is 2.57 bits per heavy atom. The highest BCUT2D eigenvalue weighted by Crippen LogP contribution is 2.27. The first-order valence-electron chi connectivity index (χ1n) is 12.3. The molecule has 0 unspecified atom stereocenters. The number of methoxy groups -OCH3 is 2. The smallest absolute Gasteiger partial charge is 0.262 e. The number of amides is 2. The molecule has 1 heterocycles. The highest BCUT2D eigenvalue weighted by Gasteiger charge is 2.15. The van der Waals surface area contributed by atoms with E-state index < -0.39 is 0 Å². The molecule has 37 heavy (non-hydrogen) atoms. The molecular formula is C27H34N4O5S. The maximum atomic E-state index is 13.2. The third kappa shape index (κ3) is 7.72. The van der Waals surface area contributed by atoms with Crippen molar-refractivity contribution in [2.75, 3.05) is 26.5 Å². The molecular weight excluding hydrogens is 492 g/mol. The SMILES string of the molecule is CC[C@H](C)NC(=O)CSc1nc2ccccc2c(=O)n1CCC(=O)NCCc1ccc(OC)c(OC)c1. The van der Waals surface area contributed by atoms with Crippen LogP contribution in [-0.4, -0.2) is 53.9 Å². The van der Waals surface area contributed by atoms with E-state index in [1.165, 1.54) is 16.3 Å². The molecule has 0 spiro atoms. The fourth-order valence-corrected chi connectivity index (χ4v) is 4.52. The predicted molar refractivity (Wildman–Crippen MR) is 145 cm³/mol. The van der Waals surface area contributed by atoms with Gasteiger partial charge in [-0.2, -0.15) is 0 Å². The van der Waals surface area contributed by atoms with Crippen LogP contribution in [0.2, 0.25) is 0 Å². The number of nitrogens with one attached hydrogen (secondary N) is 2. The number of para-hydroxylation sites is 1. The molecule has 10 heteroatoms. The van der Waals surface area contributed by atoms with E-state index in [0.717, 1.165) is 12.0 Å². The Hall–Kier alpha value is -3.53. The van der Waals surface area contributed by atoms with Crippen LogP contribution in [0.3, 0.4) is 0 Å². The summed E-state index contributed by atoms with van der Waals surface area (Å²) >= 11 is 1.20. The average Bonchev–Trinajstić information content (AvgIpc) is 2.91. The maximum absolute atomic E-state index is 13.2. The Bertz CT molecular complexity index is 1290. The Morgan fingerprint density at radius 1 is 1.08 bits per heavy atom. The minimum atomic E-state index is -0.228. The average molecular weight is 527 g/mol. The first-order chi connectivity index (χ1) is 17.9. The van der Waals surface area contributed by atoms with Crippen molar-refractivity contribution in [1.82, 2.24) is 20.2 Å². The van der Waals surface area contributed by atoms with Crippen molar-refractivity contribution in [3.8, 4) is 11.5 Å². The number of ether oxygens (including phenoxy) is 2. The monoisotopic (exact) mass is 526 g/mol.